The Morgan fingerprint density at radius 2 is 1.83 bits per heavy atom. The molecule has 1 unspecified atom stereocenters. The number of hydrogen-bond donors (Lipinski definition) is 1. The Morgan fingerprint density at radius 1 is 1.22 bits per heavy atom. The molecule has 3 heteroatoms. The lowest BCUT2D eigenvalue weighted by Crippen LogP contribution is -2.30. The van der Waals surface area contributed by atoms with Crippen molar-refractivity contribution in [3.05, 3.63) is 28.2 Å². The highest BCUT2D eigenvalue weighted by atomic mass is 79.9. The summed E-state index contributed by atoms with van der Waals surface area (Å²) >= 11 is 3.61. The lowest BCUT2D eigenvalue weighted by molar-refractivity contribution is 0.504. The van der Waals surface area contributed by atoms with Crippen LogP contribution in [-0.2, 0) is 0 Å². The van der Waals surface area contributed by atoms with Crippen LogP contribution < -0.4 is 10.6 Å². The van der Waals surface area contributed by atoms with Gasteiger partial charge in [0.25, 0.3) is 0 Å². The van der Waals surface area contributed by atoms with Gasteiger partial charge in [-0.05, 0) is 43.9 Å². The third kappa shape index (κ3) is 3.99. The molecule has 102 valence electrons. The molecule has 0 aliphatic carbocycles. The summed E-state index contributed by atoms with van der Waals surface area (Å²) in [5.41, 5.74) is 8.31. The smallest absolute Gasteiger partial charge is 0.0377 e. The molecule has 0 aliphatic rings. The predicted octanol–water partition coefficient (Wildman–Crippen LogP) is 4.34. The van der Waals surface area contributed by atoms with Crippen LogP contribution in [0.15, 0.2) is 22.7 Å². The van der Waals surface area contributed by atoms with Gasteiger partial charge in [0.15, 0.2) is 0 Å². The Morgan fingerprint density at radius 3 is 2.28 bits per heavy atom. The van der Waals surface area contributed by atoms with Crippen LogP contribution in [0, 0.1) is 5.92 Å². The number of halogens is 1. The van der Waals surface area contributed by atoms with E-state index >= 15 is 0 Å². The van der Waals surface area contributed by atoms with Crippen LogP contribution in [0.2, 0.25) is 0 Å². The summed E-state index contributed by atoms with van der Waals surface area (Å²) in [7, 11) is 2.15. The van der Waals surface area contributed by atoms with E-state index in [1.165, 1.54) is 12.1 Å². The van der Waals surface area contributed by atoms with E-state index in [0.717, 1.165) is 10.0 Å². The number of anilines is 1. The fourth-order valence-electron chi connectivity index (χ4n) is 2.20. The molecule has 1 aromatic rings. The second-order valence-corrected chi connectivity index (χ2v) is 6.44. The zero-order valence-corrected chi connectivity index (χ0v) is 13.7. The second kappa shape index (κ2) is 6.58. The Labute approximate surface area is 120 Å². The van der Waals surface area contributed by atoms with Gasteiger partial charge in [-0.15, -0.1) is 0 Å². The monoisotopic (exact) mass is 312 g/mol. The van der Waals surface area contributed by atoms with Crippen molar-refractivity contribution in [3.63, 3.8) is 0 Å². The minimum absolute atomic E-state index is 0.0619. The lowest BCUT2D eigenvalue weighted by Gasteiger charge is -2.29. The van der Waals surface area contributed by atoms with Gasteiger partial charge in [0.1, 0.15) is 0 Å². The molecule has 0 amide bonds. The molecule has 0 aromatic heterocycles. The van der Waals surface area contributed by atoms with Crippen molar-refractivity contribution in [2.45, 2.75) is 46.2 Å². The minimum Gasteiger partial charge on any atom is -0.372 e. The molecular formula is C15H25BrN2. The van der Waals surface area contributed by atoms with E-state index in [2.05, 4.69) is 66.8 Å². The Bertz CT molecular complexity index is 388. The van der Waals surface area contributed by atoms with Gasteiger partial charge in [0.2, 0.25) is 0 Å². The number of benzene rings is 1. The van der Waals surface area contributed by atoms with Gasteiger partial charge >= 0.3 is 0 Å². The Hall–Kier alpha value is -0.540. The molecule has 2 N–H and O–H groups in total. The first-order chi connectivity index (χ1) is 8.32. The molecular weight excluding hydrogens is 288 g/mol. The maximum Gasteiger partial charge on any atom is 0.0377 e. The summed E-state index contributed by atoms with van der Waals surface area (Å²) < 4.78 is 1.10. The molecule has 0 fully saturated rings. The van der Waals surface area contributed by atoms with E-state index in [1.807, 2.05) is 6.92 Å². The average Bonchev–Trinajstić information content (AvgIpc) is 2.26. The third-order valence-corrected chi connectivity index (χ3v) is 4.04. The van der Waals surface area contributed by atoms with Crippen LogP contribution in [0.25, 0.3) is 0 Å². The van der Waals surface area contributed by atoms with Crippen molar-refractivity contribution in [3.8, 4) is 0 Å². The average molecular weight is 313 g/mol. The zero-order valence-electron chi connectivity index (χ0n) is 12.1. The van der Waals surface area contributed by atoms with Crippen molar-refractivity contribution >= 4 is 21.6 Å². The molecule has 0 aliphatic heterocycles. The van der Waals surface area contributed by atoms with Gasteiger partial charge in [-0.25, -0.2) is 0 Å². The summed E-state index contributed by atoms with van der Waals surface area (Å²) in [6.07, 6.45) is 1.20. The molecule has 0 bridgehead atoms. The number of rotatable bonds is 5. The topological polar surface area (TPSA) is 29.3 Å². The van der Waals surface area contributed by atoms with E-state index in [1.54, 1.807) is 0 Å². The van der Waals surface area contributed by atoms with Crippen LogP contribution in [0.4, 0.5) is 5.69 Å². The van der Waals surface area contributed by atoms with Gasteiger partial charge in [-0.3, -0.25) is 0 Å². The fourth-order valence-corrected chi connectivity index (χ4v) is 2.93. The van der Waals surface area contributed by atoms with Crippen molar-refractivity contribution in [1.29, 1.82) is 0 Å². The molecule has 0 heterocycles. The Balaban J connectivity index is 2.87. The van der Waals surface area contributed by atoms with Gasteiger partial charge < -0.3 is 10.6 Å². The van der Waals surface area contributed by atoms with Crippen molar-refractivity contribution in [1.82, 2.24) is 0 Å². The van der Waals surface area contributed by atoms with Crippen molar-refractivity contribution < 1.29 is 0 Å². The minimum atomic E-state index is 0.0619. The fraction of sp³-hybridized carbons (Fsp3) is 0.600. The molecule has 2 atom stereocenters. The summed E-state index contributed by atoms with van der Waals surface area (Å²) in [5, 5.41) is 0. The molecule has 18 heavy (non-hydrogen) atoms. The maximum atomic E-state index is 5.92. The van der Waals surface area contributed by atoms with Crippen molar-refractivity contribution in [2.24, 2.45) is 11.7 Å². The van der Waals surface area contributed by atoms with Crippen LogP contribution >= 0.6 is 15.9 Å². The summed E-state index contributed by atoms with van der Waals surface area (Å²) in [6.45, 7) is 8.80. The highest BCUT2D eigenvalue weighted by Gasteiger charge is 2.13. The summed E-state index contributed by atoms with van der Waals surface area (Å²) in [6, 6.07) is 7.03. The van der Waals surface area contributed by atoms with Crippen LogP contribution in [0.5, 0.6) is 0 Å². The number of nitrogens with zero attached hydrogens (tertiary/aromatic N) is 1. The van der Waals surface area contributed by atoms with E-state index in [-0.39, 0.29) is 6.04 Å². The normalized spacial score (nSPS) is 14.7. The molecule has 0 saturated carbocycles. The third-order valence-electron chi connectivity index (χ3n) is 3.36. The Kier molecular flexibility index (Phi) is 5.67. The van der Waals surface area contributed by atoms with E-state index < -0.39 is 0 Å². The molecule has 0 saturated heterocycles. The molecule has 0 radical (unpaired) electrons. The maximum absolute atomic E-state index is 5.92. The van der Waals surface area contributed by atoms with Gasteiger partial charge in [-0.1, -0.05) is 35.8 Å². The van der Waals surface area contributed by atoms with Crippen LogP contribution in [0.3, 0.4) is 0 Å². The largest absolute Gasteiger partial charge is 0.372 e. The first-order valence-corrected chi connectivity index (χ1v) is 7.40. The standard InChI is InChI=1S/C15H25BrN2/c1-10(2)8-11(3)18(5)13-6-7-14(12(4)17)15(16)9-13/h6-7,9-12H,8,17H2,1-5H3/t11?,12-/m0/s1. The first kappa shape index (κ1) is 15.5. The molecule has 1 rings (SSSR count). The molecule has 2 nitrogen and oxygen atoms in total. The quantitative estimate of drug-likeness (QED) is 0.876. The lowest BCUT2D eigenvalue weighted by atomic mass is 10.0. The summed E-state index contributed by atoms with van der Waals surface area (Å²) in [5.74, 6) is 0.717. The summed E-state index contributed by atoms with van der Waals surface area (Å²) in [4.78, 5) is 2.33. The van der Waals surface area contributed by atoms with Gasteiger partial charge in [0.05, 0.1) is 0 Å². The van der Waals surface area contributed by atoms with Crippen molar-refractivity contribution in [2.75, 3.05) is 11.9 Å². The van der Waals surface area contributed by atoms with Crippen LogP contribution in [-0.4, -0.2) is 13.1 Å². The predicted molar refractivity (Wildman–Crippen MR) is 84.1 cm³/mol. The zero-order chi connectivity index (χ0) is 13.9. The number of hydrogen-bond acceptors (Lipinski definition) is 2. The van der Waals surface area contributed by atoms with E-state index in [4.69, 9.17) is 5.73 Å². The highest BCUT2D eigenvalue weighted by molar-refractivity contribution is 9.10. The van der Waals surface area contributed by atoms with Gasteiger partial charge in [-0.2, -0.15) is 0 Å². The molecule has 0 spiro atoms. The SMILES string of the molecule is CC(C)CC(C)N(C)c1ccc([C@H](C)N)c(Br)c1. The number of nitrogens with two attached hydrogens (primary N) is 1. The van der Waals surface area contributed by atoms with Crippen LogP contribution in [0.1, 0.15) is 45.7 Å². The van der Waals surface area contributed by atoms with E-state index in [0.29, 0.717) is 12.0 Å². The second-order valence-electron chi connectivity index (χ2n) is 5.58. The van der Waals surface area contributed by atoms with Gasteiger partial charge in [0, 0.05) is 29.3 Å². The highest BCUT2D eigenvalue weighted by Crippen LogP contribution is 2.28. The van der Waals surface area contributed by atoms with E-state index in [9.17, 15) is 0 Å². The first-order valence-electron chi connectivity index (χ1n) is 6.60. The molecule has 1 aromatic carbocycles.